The number of hydrogen-bond donors (Lipinski definition) is 0. The monoisotopic (exact) mass is 344 g/mol. The van der Waals surface area contributed by atoms with Gasteiger partial charge in [-0.25, -0.2) is 0 Å². The maximum absolute atomic E-state index is 2.36. The molecule has 6 rings (SSSR count). The molecule has 0 amide bonds. The van der Waals surface area contributed by atoms with Crippen LogP contribution in [0, 0.1) is 13.8 Å². The Morgan fingerprint density at radius 3 is 1.33 bits per heavy atom. The Morgan fingerprint density at radius 1 is 0.444 bits per heavy atom. The molecule has 0 heterocycles. The Bertz CT molecular complexity index is 1140. The molecule has 0 radical (unpaired) electrons. The Hall–Kier alpha value is -3.12. The molecule has 0 heteroatoms. The van der Waals surface area contributed by atoms with Crippen molar-refractivity contribution in [3.63, 3.8) is 0 Å². The fourth-order valence-corrected chi connectivity index (χ4v) is 5.38. The maximum atomic E-state index is 2.36. The normalized spacial score (nSPS) is 14.6. The van der Waals surface area contributed by atoms with Crippen molar-refractivity contribution in [2.45, 2.75) is 19.3 Å². The van der Waals surface area contributed by atoms with E-state index in [1.165, 1.54) is 55.6 Å². The molecule has 0 aliphatic heterocycles. The van der Waals surface area contributed by atoms with Gasteiger partial charge in [0, 0.05) is 0 Å². The minimum atomic E-state index is -0.195. The first-order valence-corrected chi connectivity index (χ1v) is 9.63. The smallest absolute Gasteiger partial charge is 0.0619 e. The van der Waals surface area contributed by atoms with E-state index in [4.69, 9.17) is 0 Å². The molecule has 0 unspecified atom stereocenters. The van der Waals surface area contributed by atoms with Crippen molar-refractivity contribution in [1.82, 2.24) is 0 Å². The highest BCUT2D eigenvalue weighted by atomic mass is 14.5. The standard InChI is InChI=1S/C27H20/c1-17-11-13-25-21(15-17)19-7-3-5-9-23(19)27(25)24-10-6-4-8-20(24)22-16-18(2)12-14-26(22)27/h3-16H,1-2H3. The van der Waals surface area contributed by atoms with E-state index in [1.54, 1.807) is 0 Å². The summed E-state index contributed by atoms with van der Waals surface area (Å²) in [5.41, 5.74) is 13.6. The van der Waals surface area contributed by atoms with Crippen molar-refractivity contribution in [1.29, 1.82) is 0 Å². The molecule has 0 N–H and O–H groups in total. The van der Waals surface area contributed by atoms with E-state index in [2.05, 4.69) is 98.8 Å². The van der Waals surface area contributed by atoms with E-state index in [1.807, 2.05) is 0 Å². The van der Waals surface area contributed by atoms with Crippen molar-refractivity contribution < 1.29 is 0 Å². The second-order valence-electron chi connectivity index (χ2n) is 7.94. The first-order valence-electron chi connectivity index (χ1n) is 9.63. The molecule has 2 aliphatic carbocycles. The van der Waals surface area contributed by atoms with Gasteiger partial charge >= 0.3 is 0 Å². The molecule has 0 aromatic heterocycles. The maximum Gasteiger partial charge on any atom is 0.0725 e. The molecule has 0 nitrogen and oxygen atoms in total. The van der Waals surface area contributed by atoms with Crippen LogP contribution in [-0.2, 0) is 5.41 Å². The molecule has 2 aliphatic rings. The quantitative estimate of drug-likeness (QED) is 0.289. The van der Waals surface area contributed by atoms with E-state index in [-0.39, 0.29) is 5.41 Å². The lowest BCUT2D eigenvalue weighted by Gasteiger charge is -2.30. The highest BCUT2D eigenvalue weighted by Gasteiger charge is 2.51. The first-order chi connectivity index (χ1) is 13.2. The molecule has 4 aromatic carbocycles. The van der Waals surface area contributed by atoms with E-state index < -0.39 is 0 Å². The number of fused-ring (bicyclic) bond motifs is 10. The summed E-state index contributed by atoms with van der Waals surface area (Å²) in [7, 11) is 0. The molecule has 0 atom stereocenters. The zero-order chi connectivity index (χ0) is 18.2. The molecule has 27 heavy (non-hydrogen) atoms. The van der Waals surface area contributed by atoms with E-state index in [0.29, 0.717) is 0 Å². The Morgan fingerprint density at radius 2 is 0.852 bits per heavy atom. The lowest BCUT2D eigenvalue weighted by molar-refractivity contribution is 0.793. The molecule has 4 aromatic rings. The summed E-state index contributed by atoms with van der Waals surface area (Å²) in [5.74, 6) is 0. The van der Waals surface area contributed by atoms with Gasteiger partial charge in [0.05, 0.1) is 5.41 Å². The highest BCUT2D eigenvalue weighted by Crippen LogP contribution is 2.62. The third-order valence-electron chi connectivity index (χ3n) is 6.40. The second-order valence-corrected chi connectivity index (χ2v) is 7.94. The summed E-state index contributed by atoms with van der Waals surface area (Å²) in [5, 5.41) is 0. The first kappa shape index (κ1) is 15.0. The van der Waals surface area contributed by atoms with Gasteiger partial charge in [-0.15, -0.1) is 0 Å². The highest BCUT2D eigenvalue weighted by molar-refractivity contribution is 5.95. The van der Waals surface area contributed by atoms with Gasteiger partial charge in [0.1, 0.15) is 0 Å². The average molecular weight is 344 g/mol. The number of hydrogen-bond acceptors (Lipinski definition) is 0. The summed E-state index contributed by atoms with van der Waals surface area (Å²) >= 11 is 0. The van der Waals surface area contributed by atoms with Crippen molar-refractivity contribution in [3.8, 4) is 22.3 Å². The molecule has 128 valence electrons. The van der Waals surface area contributed by atoms with Gasteiger partial charge in [-0.1, -0.05) is 96.1 Å². The van der Waals surface area contributed by atoms with Gasteiger partial charge in [-0.2, -0.15) is 0 Å². The van der Waals surface area contributed by atoms with E-state index in [0.717, 1.165) is 0 Å². The summed E-state index contributed by atoms with van der Waals surface area (Å²) in [6, 6.07) is 31.9. The predicted octanol–water partition coefficient (Wildman–Crippen LogP) is 6.65. The van der Waals surface area contributed by atoms with Crippen LogP contribution in [0.2, 0.25) is 0 Å². The van der Waals surface area contributed by atoms with Crippen molar-refractivity contribution in [2.75, 3.05) is 0 Å². The minimum Gasteiger partial charge on any atom is -0.0619 e. The second kappa shape index (κ2) is 4.98. The number of aryl methyl sites for hydroxylation is 2. The van der Waals surface area contributed by atoms with Crippen LogP contribution in [-0.4, -0.2) is 0 Å². The molecule has 0 saturated carbocycles. The summed E-state index contributed by atoms with van der Waals surface area (Å²) in [6.07, 6.45) is 0. The molecular weight excluding hydrogens is 324 g/mol. The lowest BCUT2D eigenvalue weighted by atomic mass is 9.70. The average Bonchev–Trinajstić information content (AvgIpc) is 3.14. The van der Waals surface area contributed by atoms with Gasteiger partial charge < -0.3 is 0 Å². The zero-order valence-corrected chi connectivity index (χ0v) is 15.6. The van der Waals surface area contributed by atoms with Crippen LogP contribution >= 0.6 is 0 Å². The van der Waals surface area contributed by atoms with E-state index in [9.17, 15) is 0 Å². The predicted molar refractivity (Wildman–Crippen MR) is 112 cm³/mol. The van der Waals surface area contributed by atoms with Crippen LogP contribution in [0.15, 0.2) is 84.9 Å². The Labute approximate surface area is 160 Å². The van der Waals surface area contributed by atoms with Gasteiger partial charge in [-0.3, -0.25) is 0 Å². The van der Waals surface area contributed by atoms with Crippen LogP contribution < -0.4 is 0 Å². The van der Waals surface area contributed by atoms with Crippen LogP contribution in [0.4, 0.5) is 0 Å². The summed E-state index contributed by atoms with van der Waals surface area (Å²) in [4.78, 5) is 0. The molecule has 0 saturated heterocycles. The molecule has 0 fully saturated rings. The van der Waals surface area contributed by atoms with Crippen LogP contribution in [0.3, 0.4) is 0 Å². The third kappa shape index (κ3) is 1.69. The Balaban J connectivity index is 1.86. The SMILES string of the molecule is Cc1ccc2c(c1)-c1ccccc1C21c2ccccc2-c2cc(C)ccc21. The van der Waals surface area contributed by atoms with Gasteiger partial charge in [0.2, 0.25) is 0 Å². The summed E-state index contributed by atoms with van der Waals surface area (Å²) < 4.78 is 0. The number of rotatable bonds is 0. The largest absolute Gasteiger partial charge is 0.0725 e. The third-order valence-corrected chi connectivity index (χ3v) is 6.40. The molecule has 0 bridgehead atoms. The fourth-order valence-electron chi connectivity index (χ4n) is 5.38. The Kier molecular flexibility index (Phi) is 2.77. The van der Waals surface area contributed by atoms with Crippen LogP contribution in [0.25, 0.3) is 22.3 Å². The summed E-state index contributed by atoms with van der Waals surface area (Å²) in [6.45, 7) is 4.38. The number of benzene rings is 4. The van der Waals surface area contributed by atoms with Crippen molar-refractivity contribution in [3.05, 3.63) is 118 Å². The lowest BCUT2D eigenvalue weighted by Crippen LogP contribution is -2.25. The molecule has 1 spiro atoms. The van der Waals surface area contributed by atoms with Gasteiger partial charge in [0.25, 0.3) is 0 Å². The topological polar surface area (TPSA) is 0 Å². The minimum absolute atomic E-state index is 0.195. The molecular formula is C27H20. The van der Waals surface area contributed by atoms with Gasteiger partial charge in [-0.05, 0) is 58.4 Å². The van der Waals surface area contributed by atoms with E-state index >= 15 is 0 Å². The van der Waals surface area contributed by atoms with Crippen molar-refractivity contribution >= 4 is 0 Å². The fraction of sp³-hybridized carbons (Fsp3) is 0.111. The van der Waals surface area contributed by atoms with Crippen LogP contribution in [0.1, 0.15) is 33.4 Å². The van der Waals surface area contributed by atoms with Crippen LogP contribution in [0.5, 0.6) is 0 Å². The van der Waals surface area contributed by atoms with Gasteiger partial charge in [0.15, 0.2) is 0 Å². The van der Waals surface area contributed by atoms with Crippen molar-refractivity contribution in [2.24, 2.45) is 0 Å². The zero-order valence-electron chi connectivity index (χ0n) is 15.6.